The third-order valence-electron chi connectivity index (χ3n) is 3.52. The number of hydrogen-bond donors (Lipinski definition) is 0. The number of hydrogen-bond acceptors (Lipinski definition) is 3. The SMILES string of the molecule is O=c1oc(-c2ccc3ccccc3n2)cc2ccccc12. The minimum Gasteiger partial charge on any atom is -0.421 e. The fourth-order valence-corrected chi connectivity index (χ4v) is 2.46. The average molecular weight is 273 g/mol. The van der Waals surface area contributed by atoms with E-state index in [9.17, 15) is 4.79 Å². The Morgan fingerprint density at radius 1 is 0.810 bits per heavy atom. The average Bonchev–Trinajstić information content (AvgIpc) is 2.54. The summed E-state index contributed by atoms with van der Waals surface area (Å²) in [5, 5.41) is 2.50. The molecule has 0 saturated carbocycles. The van der Waals surface area contributed by atoms with E-state index in [1.807, 2.05) is 60.7 Å². The number of pyridine rings is 1. The van der Waals surface area contributed by atoms with Gasteiger partial charge in [-0.2, -0.15) is 0 Å². The van der Waals surface area contributed by atoms with Crippen LogP contribution in [0, 0.1) is 0 Å². The summed E-state index contributed by atoms with van der Waals surface area (Å²) in [6.07, 6.45) is 0. The van der Waals surface area contributed by atoms with Gasteiger partial charge in [-0.05, 0) is 29.7 Å². The first-order valence-corrected chi connectivity index (χ1v) is 6.70. The smallest absolute Gasteiger partial charge is 0.344 e. The Balaban J connectivity index is 1.97. The summed E-state index contributed by atoms with van der Waals surface area (Å²) >= 11 is 0. The van der Waals surface area contributed by atoms with Gasteiger partial charge in [-0.3, -0.25) is 0 Å². The Labute approximate surface area is 120 Å². The van der Waals surface area contributed by atoms with E-state index >= 15 is 0 Å². The summed E-state index contributed by atoms with van der Waals surface area (Å²) in [5.74, 6) is 0.490. The Morgan fingerprint density at radius 2 is 1.57 bits per heavy atom. The summed E-state index contributed by atoms with van der Waals surface area (Å²) in [7, 11) is 0. The van der Waals surface area contributed by atoms with Crippen molar-refractivity contribution >= 4 is 21.7 Å². The van der Waals surface area contributed by atoms with Crippen molar-refractivity contribution in [2.24, 2.45) is 0 Å². The van der Waals surface area contributed by atoms with Gasteiger partial charge in [0.1, 0.15) is 5.69 Å². The van der Waals surface area contributed by atoms with Crippen molar-refractivity contribution in [1.29, 1.82) is 0 Å². The second-order valence-electron chi connectivity index (χ2n) is 4.87. The molecule has 0 fully saturated rings. The van der Waals surface area contributed by atoms with E-state index in [-0.39, 0.29) is 5.63 Å². The van der Waals surface area contributed by atoms with Crippen molar-refractivity contribution in [3.8, 4) is 11.5 Å². The molecule has 0 radical (unpaired) electrons. The van der Waals surface area contributed by atoms with Crippen LogP contribution in [-0.4, -0.2) is 4.98 Å². The van der Waals surface area contributed by atoms with Gasteiger partial charge >= 0.3 is 5.63 Å². The molecule has 2 aromatic heterocycles. The first-order valence-electron chi connectivity index (χ1n) is 6.70. The normalized spacial score (nSPS) is 11.0. The molecule has 21 heavy (non-hydrogen) atoms. The van der Waals surface area contributed by atoms with Gasteiger partial charge in [-0.25, -0.2) is 9.78 Å². The fourth-order valence-electron chi connectivity index (χ4n) is 2.46. The molecular formula is C18H11NO2. The van der Waals surface area contributed by atoms with Crippen LogP contribution >= 0.6 is 0 Å². The monoisotopic (exact) mass is 273 g/mol. The fraction of sp³-hybridized carbons (Fsp3) is 0. The van der Waals surface area contributed by atoms with Crippen molar-refractivity contribution in [3.63, 3.8) is 0 Å². The minimum absolute atomic E-state index is 0.335. The number of benzene rings is 2. The zero-order valence-electron chi connectivity index (χ0n) is 11.1. The number of para-hydroxylation sites is 1. The molecule has 2 aromatic carbocycles. The van der Waals surface area contributed by atoms with Gasteiger partial charge in [-0.1, -0.05) is 42.5 Å². The number of aromatic nitrogens is 1. The van der Waals surface area contributed by atoms with Gasteiger partial charge in [0.15, 0.2) is 5.76 Å². The molecule has 0 bridgehead atoms. The summed E-state index contributed by atoms with van der Waals surface area (Å²) in [6.45, 7) is 0. The van der Waals surface area contributed by atoms with Crippen LogP contribution in [0.25, 0.3) is 33.1 Å². The largest absolute Gasteiger partial charge is 0.421 e. The summed E-state index contributed by atoms with van der Waals surface area (Å²) < 4.78 is 5.41. The van der Waals surface area contributed by atoms with Crippen molar-refractivity contribution in [2.75, 3.05) is 0 Å². The Morgan fingerprint density at radius 3 is 2.48 bits per heavy atom. The van der Waals surface area contributed by atoms with Gasteiger partial charge in [0.2, 0.25) is 0 Å². The van der Waals surface area contributed by atoms with E-state index in [1.165, 1.54) is 0 Å². The molecule has 0 amide bonds. The number of fused-ring (bicyclic) bond motifs is 2. The van der Waals surface area contributed by atoms with Crippen LogP contribution in [0.15, 0.2) is 75.9 Å². The van der Waals surface area contributed by atoms with Gasteiger partial charge < -0.3 is 4.42 Å². The second kappa shape index (κ2) is 4.56. The van der Waals surface area contributed by atoms with Crippen LogP contribution in [0.3, 0.4) is 0 Å². The highest BCUT2D eigenvalue weighted by atomic mass is 16.4. The highest BCUT2D eigenvalue weighted by Gasteiger charge is 2.08. The van der Waals surface area contributed by atoms with Gasteiger partial charge in [-0.15, -0.1) is 0 Å². The Hall–Kier alpha value is -2.94. The van der Waals surface area contributed by atoms with E-state index in [0.29, 0.717) is 16.8 Å². The van der Waals surface area contributed by atoms with Crippen LogP contribution in [0.4, 0.5) is 0 Å². The van der Waals surface area contributed by atoms with Crippen molar-refractivity contribution in [3.05, 3.63) is 77.2 Å². The van der Waals surface area contributed by atoms with Gasteiger partial charge in [0.05, 0.1) is 10.9 Å². The molecule has 0 aliphatic heterocycles. The molecule has 4 rings (SSSR count). The maximum Gasteiger partial charge on any atom is 0.344 e. The molecule has 0 aliphatic carbocycles. The zero-order valence-corrected chi connectivity index (χ0v) is 11.1. The number of rotatable bonds is 1. The standard InChI is InChI=1S/C18H11NO2/c20-18-14-7-3-1-6-13(14)11-17(21-18)16-10-9-12-5-2-4-8-15(12)19-16/h1-11H. The molecule has 0 saturated heterocycles. The third kappa shape index (κ3) is 1.99. The first-order chi connectivity index (χ1) is 10.3. The predicted molar refractivity (Wildman–Crippen MR) is 83.2 cm³/mol. The van der Waals surface area contributed by atoms with Crippen LogP contribution < -0.4 is 5.63 Å². The Bertz CT molecular complexity index is 1020. The predicted octanol–water partition coefficient (Wildman–Crippen LogP) is 4.01. The number of nitrogens with zero attached hydrogens (tertiary/aromatic N) is 1. The molecule has 0 N–H and O–H groups in total. The van der Waals surface area contributed by atoms with Crippen LogP contribution in [0.1, 0.15) is 0 Å². The van der Waals surface area contributed by atoms with Gasteiger partial charge in [0.25, 0.3) is 0 Å². The topological polar surface area (TPSA) is 43.1 Å². The van der Waals surface area contributed by atoms with Gasteiger partial charge in [0, 0.05) is 5.39 Å². The molecule has 3 heteroatoms. The molecule has 4 aromatic rings. The minimum atomic E-state index is -0.335. The molecule has 0 spiro atoms. The lowest BCUT2D eigenvalue weighted by Gasteiger charge is -2.03. The highest BCUT2D eigenvalue weighted by molar-refractivity contribution is 5.85. The summed E-state index contributed by atoms with van der Waals surface area (Å²) in [6, 6.07) is 21.0. The molecule has 100 valence electrons. The second-order valence-corrected chi connectivity index (χ2v) is 4.87. The van der Waals surface area contributed by atoms with Crippen LogP contribution in [0.2, 0.25) is 0 Å². The summed E-state index contributed by atoms with van der Waals surface area (Å²) in [5.41, 5.74) is 1.21. The van der Waals surface area contributed by atoms with E-state index in [2.05, 4.69) is 4.98 Å². The first kappa shape index (κ1) is 11.9. The lowest BCUT2D eigenvalue weighted by molar-refractivity contribution is 0.533. The molecule has 2 heterocycles. The quantitative estimate of drug-likeness (QED) is 0.526. The van der Waals surface area contributed by atoms with Crippen molar-refractivity contribution < 1.29 is 4.42 Å². The molecule has 3 nitrogen and oxygen atoms in total. The zero-order chi connectivity index (χ0) is 14.2. The van der Waals surface area contributed by atoms with Crippen LogP contribution in [-0.2, 0) is 0 Å². The maximum absolute atomic E-state index is 12.0. The lowest BCUT2D eigenvalue weighted by Crippen LogP contribution is -2.00. The molecule has 0 atom stereocenters. The van der Waals surface area contributed by atoms with Crippen molar-refractivity contribution in [2.45, 2.75) is 0 Å². The van der Waals surface area contributed by atoms with E-state index in [4.69, 9.17) is 4.42 Å². The molecular weight excluding hydrogens is 262 g/mol. The van der Waals surface area contributed by atoms with Crippen LogP contribution in [0.5, 0.6) is 0 Å². The highest BCUT2D eigenvalue weighted by Crippen LogP contribution is 2.22. The third-order valence-corrected chi connectivity index (χ3v) is 3.52. The molecule has 0 unspecified atom stereocenters. The van der Waals surface area contributed by atoms with E-state index < -0.39 is 0 Å². The maximum atomic E-state index is 12.0. The van der Waals surface area contributed by atoms with E-state index in [0.717, 1.165) is 16.3 Å². The molecule has 0 aliphatic rings. The lowest BCUT2D eigenvalue weighted by atomic mass is 10.1. The Kier molecular flexibility index (Phi) is 2.57. The summed E-state index contributed by atoms with van der Waals surface area (Å²) in [4.78, 5) is 16.6. The van der Waals surface area contributed by atoms with Crippen molar-refractivity contribution in [1.82, 2.24) is 4.98 Å². The van der Waals surface area contributed by atoms with E-state index in [1.54, 1.807) is 6.07 Å².